The van der Waals surface area contributed by atoms with Crippen molar-refractivity contribution in [2.24, 2.45) is 5.73 Å². The van der Waals surface area contributed by atoms with Gasteiger partial charge in [-0.3, -0.25) is 0 Å². The first-order valence-corrected chi connectivity index (χ1v) is 7.19. The van der Waals surface area contributed by atoms with Gasteiger partial charge in [0.1, 0.15) is 6.04 Å². The lowest BCUT2D eigenvalue weighted by Gasteiger charge is -2.08. The summed E-state index contributed by atoms with van der Waals surface area (Å²) in [6, 6.07) is -0.741. The van der Waals surface area contributed by atoms with Gasteiger partial charge >= 0.3 is 0 Å². The van der Waals surface area contributed by atoms with Gasteiger partial charge < -0.3 is 15.4 Å². The van der Waals surface area contributed by atoms with E-state index in [1.807, 2.05) is 0 Å². The Morgan fingerprint density at radius 2 is 2.29 bits per heavy atom. The summed E-state index contributed by atoms with van der Waals surface area (Å²) in [6.07, 6.45) is -0.291. The molecule has 0 aliphatic carbocycles. The fourth-order valence-corrected chi connectivity index (χ4v) is 3.49. The molecule has 8 heteroatoms. The monoisotopic (exact) mass is 261 g/mol. The first kappa shape index (κ1) is 12.5. The Morgan fingerprint density at radius 3 is 2.82 bits per heavy atom. The molecular weight excluding hydrogens is 246 g/mol. The van der Waals surface area contributed by atoms with E-state index in [9.17, 15) is 13.5 Å². The van der Waals surface area contributed by atoms with Gasteiger partial charge in [0.25, 0.3) is 0 Å². The molecule has 3 atom stereocenters. The van der Waals surface area contributed by atoms with Gasteiger partial charge in [-0.2, -0.15) is 4.98 Å². The van der Waals surface area contributed by atoms with Crippen LogP contribution in [0, 0.1) is 0 Å². The van der Waals surface area contributed by atoms with Gasteiger partial charge in [-0.15, -0.1) is 0 Å². The molecule has 0 bridgehead atoms. The van der Waals surface area contributed by atoms with Crippen LogP contribution in [0.5, 0.6) is 0 Å². The van der Waals surface area contributed by atoms with Crippen molar-refractivity contribution in [1.82, 2.24) is 10.1 Å². The lowest BCUT2D eigenvalue weighted by Crippen LogP contribution is -2.23. The first-order chi connectivity index (χ1) is 7.89. The number of hydrogen-bond donors (Lipinski definition) is 2. The summed E-state index contributed by atoms with van der Waals surface area (Å²) in [7, 11) is -2.97. The zero-order valence-electron chi connectivity index (χ0n) is 9.41. The highest BCUT2D eigenvalue weighted by Crippen LogP contribution is 2.27. The normalized spacial score (nSPS) is 26.9. The van der Waals surface area contributed by atoms with Gasteiger partial charge in [0, 0.05) is 5.92 Å². The maximum atomic E-state index is 11.3. The second-order valence-corrected chi connectivity index (χ2v) is 6.59. The summed E-state index contributed by atoms with van der Waals surface area (Å²) in [5.41, 5.74) is 5.64. The van der Waals surface area contributed by atoms with Crippen LogP contribution in [0.1, 0.15) is 37.0 Å². The minimum absolute atomic E-state index is 0.0515. The molecule has 3 N–H and O–H groups in total. The quantitative estimate of drug-likeness (QED) is 0.742. The summed E-state index contributed by atoms with van der Waals surface area (Å²) in [6.45, 7) is 1.52. The van der Waals surface area contributed by atoms with E-state index in [0.717, 1.165) is 0 Å². The van der Waals surface area contributed by atoms with Gasteiger partial charge in [-0.05, 0) is 13.3 Å². The van der Waals surface area contributed by atoms with Crippen molar-refractivity contribution in [1.29, 1.82) is 0 Å². The molecule has 1 fully saturated rings. The zero-order chi connectivity index (χ0) is 12.6. The average Bonchev–Trinajstić information content (AvgIpc) is 2.82. The Kier molecular flexibility index (Phi) is 3.19. The maximum absolute atomic E-state index is 11.3. The molecule has 1 saturated heterocycles. The molecule has 96 valence electrons. The van der Waals surface area contributed by atoms with E-state index >= 15 is 0 Å². The van der Waals surface area contributed by atoms with Crippen LogP contribution in [-0.2, 0) is 9.84 Å². The van der Waals surface area contributed by atoms with Crippen molar-refractivity contribution in [3.63, 3.8) is 0 Å². The fourth-order valence-electron chi connectivity index (χ4n) is 1.75. The molecule has 0 aromatic carbocycles. The molecular formula is C9H15N3O4S. The van der Waals surface area contributed by atoms with Crippen molar-refractivity contribution in [3.8, 4) is 0 Å². The zero-order valence-corrected chi connectivity index (χ0v) is 10.2. The fraction of sp³-hybridized carbons (Fsp3) is 0.778. The summed E-state index contributed by atoms with van der Waals surface area (Å²) in [5.74, 6) is 0.482. The Bertz CT molecular complexity index is 496. The molecule has 0 amide bonds. The van der Waals surface area contributed by atoms with Crippen LogP contribution in [-0.4, -0.2) is 41.3 Å². The lowest BCUT2D eigenvalue weighted by atomic mass is 10.1. The molecule has 1 aliphatic heterocycles. The number of rotatable bonds is 3. The molecule has 2 heterocycles. The smallest absolute Gasteiger partial charge is 0.246 e. The number of aromatic nitrogens is 2. The van der Waals surface area contributed by atoms with E-state index < -0.39 is 22.0 Å². The Morgan fingerprint density at radius 1 is 1.59 bits per heavy atom. The summed E-state index contributed by atoms with van der Waals surface area (Å²) < 4.78 is 27.6. The van der Waals surface area contributed by atoms with Gasteiger partial charge in [0.15, 0.2) is 15.7 Å². The number of nitrogens with zero attached hydrogens (tertiary/aromatic N) is 2. The van der Waals surface area contributed by atoms with Crippen LogP contribution < -0.4 is 5.73 Å². The van der Waals surface area contributed by atoms with E-state index in [0.29, 0.717) is 12.2 Å². The topological polar surface area (TPSA) is 119 Å². The van der Waals surface area contributed by atoms with Crippen LogP contribution >= 0.6 is 0 Å². The second-order valence-electron chi connectivity index (χ2n) is 4.36. The molecule has 1 unspecified atom stereocenters. The van der Waals surface area contributed by atoms with E-state index in [-0.39, 0.29) is 23.3 Å². The predicted molar refractivity (Wildman–Crippen MR) is 58.9 cm³/mol. The molecule has 7 nitrogen and oxygen atoms in total. The van der Waals surface area contributed by atoms with Crippen molar-refractivity contribution in [2.45, 2.75) is 31.4 Å². The van der Waals surface area contributed by atoms with Crippen LogP contribution in [0.4, 0.5) is 0 Å². The molecule has 1 aromatic heterocycles. The summed E-state index contributed by atoms with van der Waals surface area (Å²) >= 11 is 0. The highest BCUT2D eigenvalue weighted by molar-refractivity contribution is 7.91. The average molecular weight is 261 g/mol. The van der Waals surface area contributed by atoms with Crippen molar-refractivity contribution in [3.05, 3.63) is 11.7 Å². The second kappa shape index (κ2) is 4.35. The van der Waals surface area contributed by atoms with Gasteiger partial charge in [-0.1, -0.05) is 5.16 Å². The predicted octanol–water partition coefficient (Wildman–Crippen LogP) is -0.648. The minimum atomic E-state index is -2.97. The SMILES string of the molecule is C[C@@H](O)[C@H](N)c1nc(C2CCS(=O)(=O)C2)no1. The number of aliphatic hydroxyl groups is 1. The van der Waals surface area contributed by atoms with E-state index in [4.69, 9.17) is 10.3 Å². The van der Waals surface area contributed by atoms with Crippen LogP contribution in [0.25, 0.3) is 0 Å². The Hall–Kier alpha value is -0.990. The van der Waals surface area contributed by atoms with Crippen LogP contribution in [0.2, 0.25) is 0 Å². The van der Waals surface area contributed by atoms with Crippen LogP contribution in [0.15, 0.2) is 4.52 Å². The molecule has 1 aromatic rings. The van der Waals surface area contributed by atoms with Crippen molar-refractivity contribution < 1.29 is 18.0 Å². The molecule has 0 saturated carbocycles. The number of sulfone groups is 1. The molecule has 2 rings (SSSR count). The van der Waals surface area contributed by atoms with Gasteiger partial charge in [0.05, 0.1) is 17.6 Å². The molecule has 0 spiro atoms. The summed E-state index contributed by atoms with van der Waals surface area (Å²) in [5, 5.41) is 13.0. The lowest BCUT2D eigenvalue weighted by molar-refractivity contribution is 0.146. The van der Waals surface area contributed by atoms with E-state index in [1.54, 1.807) is 0 Å². The Balaban J connectivity index is 2.14. The number of hydrogen-bond acceptors (Lipinski definition) is 7. The molecule has 1 aliphatic rings. The van der Waals surface area contributed by atoms with E-state index in [2.05, 4.69) is 10.1 Å². The van der Waals surface area contributed by atoms with E-state index in [1.165, 1.54) is 6.92 Å². The maximum Gasteiger partial charge on any atom is 0.246 e. The molecule has 0 radical (unpaired) electrons. The van der Waals surface area contributed by atoms with Gasteiger partial charge in [-0.25, -0.2) is 8.42 Å². The first-order valence-electron chi connectivity index (χ1n) is 5.36. The highest BCUT2D eigenvalue weighted by atomic mass is 32.2. The minimum Gasteiger partial charge on any atom is -0.391 e. The molecule has 17 heavy (non-hydrogen) atoms. The number of aliphatic hydroxyl groups excluding tert-OH is 1. The standard InChI is InChI=1S/C9H15N3O4S/c1-5(13)7(10)9-11-8(12-16-9)6-2-3-17(14,15)4-6/h5-7,13H,2-4,10H2,1H3/t5-,6?,7+/m1/s1. The highest BCUT2D eigenvalue weighted by Gasteiger charge is 2.33. The largest absolute Gasteiger partial charge is 0.391 e. The third kappa shape index (κ3) is 2.64. The van der Waals surface area contributed by atoms with Crippen LogP contribution in [0.3, 0.4) is 0 Å². The van der Waals surface area contributed by atoms with Gasteiger partial charge in [0.2, 0.25) is 5.89 Å². The summed E-state index contributed by atoms with van der Waals surface area (Å²) in [4.78, 5) is 4.05. The third-order valence-corrected chi connectivity index (χ3v) is 4.63. The third-order valence-electron chi connectivity index (χ3n) is 2.86. The Labute approximate surface area is 98.9 Å². The van der Waals surface area contributed by atoms with Crippen molar-refractivity contribution >= 4 is 9.84 Å². The number of nitrogens with two attached hydrogens (primary N) is 1. The van der Waals surface area contributed by atoms with Crippen molar-refractivity contribution in [2.75, 3.05) is 11.5 Å².